The molecule has 0 bridgehead atoms. The summed E-state index contributed by atoms with van der Waals surface area (Å²) in [6.07, 6.45) is 0. The quantitative estimate of drug-likeness (QED) is 0.623. The highest BCUT2D eigenvalue weighted by atomic mass is 79.9. The topological polar surface area (TPSA) is 43.7 Å². The highest BCUT2D eigenvalue weighted by Crippen LogP contribution is 2.33. The number of hydrogen-bond donors (Lipinski definition) is 0. The van der Waals surface area contributed by atoms with Gasteiger partial charge in [-0.15, -0.1) is 11.3 Å². The first-order valence-corrected chi connectivity index (χ1v) is 10.0. The number of ether oxygens (including phenoxy) is 2. The van der Waals surface area contributed by atoms with Gasteiger partial charge >= 0.3 is 0 Å². The Morgan fingerprint density at radius 3 is 2.65 bits per heavy atom. The van der Waals surface area contributed by atoms with Crippen LogP contribution in [0.1, 0.15) is 16.1 Å². The maximum Gasteiger partial charge on any atom is 0.270 e. The molecule has 2 aromatic heterocycles. The van der Waals surface area contributed by atoms with E-state index in [9.17, 15) is 4.79 Å². The molecule has 0 unspecified atom stereocenters. The third-order valence-electron chi connectivity index (χ3n) is 4.58. The van der Waals surface area contributed by atoms with E-state index in [4.69, 9.17) is 9.47 Å². The van der Waals surface area contributed by atoms with Crippen LogP contribution in [0, 0.1) is 0 Å². The maximum atomic E-state index is 13.1. The number of carbonyl (C=O) groups excluding carboxylic acids is 1. The number of carbonyl (C=O) groups is 1. The van der Waals surface area contributed by atoms with E-state index >= 15 is 0 Å². The number of aromatic nitrogens is 1. The molecule has 26 heavy (non-hydrogen) atoms. The Kier molecular flexibility index (Phi) is 5.02. The summed E-state index contributed by atoms with van der Waals surface area (Å²) in [5.74, 6) is 0.899. The molecular formula is C19H19BrN2O3S. The highest BCUT2D eigenvalue weighted by molar-refractivity contribution is 9.11. The standard InChI is InChI=1S/C19H19BrN2O3S/c1-24-14-4-2-13(3-5-14)12-22-15-11-18(20)26-17(15)10-16(22)19(23)21-6-8-25-9-7-21/h2-5,10-11H,6-9,12H2,1H3. The molecule has 0 radical (unpaired) electrons. The molecule has 7 heteroatoms. The van der Waals surface area contributed by atoms with Gasteiger partial charge in [0.1, 0.15) is 11.4 Å². The van der Waals surface area contributed by atoms with Crippen molar-refractivity contribution in [3.63, 3.8) is 0 Å². The monoisotopic (exact) mass is 434 g/mol. The largest absolute Gasteiger partial charge is 0.497 e. The van der Waals surface area contributed by atoms with E-state index in [2.05, 4.69) is 26.6 Å². The number of fused-ring (bicyclic) bond motifs is 1. The Balaban J connectivity index is 1.71. The molecule has 1 aromatic carbocycles. The Morgan fingerprint density at radius 2 is 1.96 bits per heavy atom. The number of nitrogens with zero attached hydrogens (tertiary/aromatic N) is 2. The number of halogens is 1. The minimum Gasteiger partial charge on any atom is -0.497 e. The van der Waals surface area contributed by atoms with E-state index in [1.807, 2.05) is 35.2 Å². The predicted octanol–water partition coefficient (Wildman–Crippen LogP) is 3.99. The van der Waals surface area contributed by atoms with Crippen LogP contribution < -0.4 is 4.74 Å². The Morgan fingerprint density at radius 1 is 1.23 bits per heavy atom. The molecule has 136 valence electrons. The van der Waals surface area contributed by atoms with Crippen molar-refractivity contribution < 1.29 is 14.3 Å². The lowest BCUT2D eigenvalue weighted by Gasteiger charge is -2.27. The molecule has 1 fully saturated rings. The Labute approximate surface area is 164 Å². The van der Waals surface area contributed by atoms with Crippen molar-refractivity contribution in [2.45, 2.75) is 6.54 Å². The fraction of sp³-hybridized carbons (Fsp3) is 0.316. The first kappa shape index (κ1) is 17.6. The lowest BCUT2D eigenvalue weighted by molar-refractivity contribution is 0.0296. The molecule has 0 atom stereocenters. The zero-order chi connectivity index (χ0) is 18.1. The van der Waals surface area contributed by atoms with Gasteiger partial charge in [-0.25, -0.2) is 0 Å². The third-order valence-corrected chi connectivity index (χ3v) is 6.15. The van der Waals surface area contributed by atoms with Crippen LogP contribution >= 0.6 is 27.3 Å². The summed E-state index contributed by atoms with van der Waals surface area (Å²) in [6, 6.07) is 12.1. The number of morpholine rings is 1. The average Bonchev–Trinajstić information content (AvgIpc) is 3.19. The maximum absolute atomic E-state index is 13.1. The fourth-order valence-electron chi connectivity index (χ4n) is 3.20. The van der Waals surface area contributed by atoms with Crippen LogP contribution in [-0.4, -0.2) is 48.8 Å². The molecular weight excluding hydrogens is 416 g/mol. The van der Waals surface area contributed by atoms with Gasteiger partial charge in [-0.2, -0.15) is 0 Å². The highest BCUT2D eigenvalue weighted by Gasteiger charge is 2.24. The van der Waals surface area contributed by atoms with Gasteiger partial charge in [0.05, 0.1) is 34.3 Å². The lowest BCUT2D eigenvalue weighted by atomic mass is 10.2. The van der Waals surface area contributed by atoms with Crippen LogP contribution in [0.3, 0.4) is 0 Å². The number of hydrogen-bond acceptors (Lipinski definition) is 4. The molecule has 0 spiro atoms. The van der Waals surface area contributed by atoms with Gasteiger partial charge in [-0.3, -0.25) is 4.79 Å². The van der Waals surface area contributed by atoms with E-state index in [-0.39, 0.29) is 5.91 Å². The van der Waals surface area contributed by atoms with E-state index in [0.717, 1.165) is 31.0 Å². The van der Waals surface area contributed by atoms with Crippen molar-refractivity contribution in [2.24, 2.45) is 0 Å². The summed E-state index contributed by atoms with van der Waals surface area (Å²) in [7, 11) is 1.66. The van der Waals surface area contributed by atoms with Gasteiger partial charge in [0, 0.05) is 19.6 Å². The first-order valence-electron chi connectivity index (χ1n) is 8.44. The zero-order valence-corrected chi connectivity index (χ0v) is 16.8. The van der Waals surface area contributed by atoms with Crippen molar-refractivity contribution in [3.05, 3.63) is 51.4 Å². The Hall–Kier alpha value is -1.83. The van der Waals surface area contributed by atoms with Gasteiger partial charge in [-0.1, -0.05) is 12.1 Å². The molecule has 4 rings (SSSR count). The van der Waals surface area contributed by atoms with Gasteiger partial charge in [0.2, 0.25) is 0 Å². The summed E-state index contributed by atoms with van der Waals surface area (Å²) in [5, 5.41) is 0. The van der Waals surface area contributed by atoms with Crippen molar-refractivity contribution in [1.29, 1.82) is 0 Å². The summed E-state index contributed by atoms with van der Waals surface area (Å²) in [4.78, 5) is 15.0. The second kappa shape index (κ2) is 7.42. The fourth-order valence-corrected chi connectivity index (χ4v) is 4.77. The van der Waals surface area contributed by atoms with Gasteiger partial charge in [0.25, 0.3) is 5.91 Å². The minimum absolute atomic E-state index is 0.0707. The summed E-state index contributed by atoms with van der Waals surface area (Å²) >= 11 is 5.21. The second-order valence-electron chi connectivity index (χ2n) is 6.17. The number of thiophene rings is 1. The molecule has 0 N–H and O–H groups in total. The first-order chi connectivity index (χ1) is 12.7. The molecule has 1 amide bonds. The van der Waals surface area contributed by atoms with Crippen LogP contribution in [0.4, 0.5) is 0 Å². The van der Waals surface area contributed by atoms with Crippen LogP contribution in [0.25, 0.3) is 10.2 Å². The van der Waals surface area contributed by atoms with Crippen molar-refractivity contribution in [1.82, 2.24) is 9.47 Å². The molecule has 5 nitrogen and oxygen atoms in total. The van der Waals surface area contributed by atoms with Crippen LogP contribution in [0.2, 0.25) is 0 Å². The van der Waals surface area contributed by atoms with E-state index in [1.165, 1.54) is 0 Å². The summed E-state index contributed by atoms with van der Waals surface area (Å²) in [6.45, 7) is 3.13. The predicted molar refractivity (Wildman–Crippen MR) is 106 cm³/mol. The van der Waals surface area contributed by atoms with Crippen molar-refractivity contribution >= 4 is 43.4 Å². The van der Waals surface area contributed by atoms with Gasteiger partial charge in [-0.05, 0) is 45.8 Å². The van der Waals surface area contributed by atoms with Gasteiger partial charge < -0.3 is 18.9 Å². The third kappa shape index (κ3) is 3.39. The zero-order valence-electron chi connectivity index (χ0n) is 14.4. The Bertz CT molecular complexity index is 926. The van der Waals surface area contributed by atoms with E-state index in [0.29, 0.717) is 32.8 Å². The van der Waals surface area contributed by atoms with Crippen molar-refractivity contribution in [3.8, 4) is 5.75 Å². The second-order valence-corrected chi connectivity index (χ2v) is 8.63. The minimum atomic E-state index is 0.0707. The average molecular weight is 435 g/mol. The van der Waals surface area contributed by atoms with Crippen LogP contribution in [-0.2, 0) is 11.3 Å². The lowest BCUT2D eigenvalue weighted by Crippen LogP contribution is -2.41. The molecule has 0 saturated carbocycles. The summed E-state index contributed by atoms with van der Waals surface area (Å²) < 4.78 is 14.9. The smallest absolute Gasteiger partial charge is 0.270 e. The molecule has 3 aromatic rings. The summed E-state index contributed by atoms with van der Waals surface area (Å²) in [5.41, 5.74) is 2.94. The number of amides is 1. The van der Waals surface area contributed by atoms with Gasteiger partial charge in [0.15, 0.2) is 0 Å². The molecule has 3 heterocycles. The molecule has 1 aliphatic heterocycles. The van der Waals surface area contributed by atoms with Crippen molar-refractivity contribution in [2.75, 3.05) is 33.4 Å². The van der Waals surface area contributed by atoms with E-state index in [1.54, 1.807) is 18.4 Å². The van der Waals surface area contributed by atoms with Crippen LogP contribution in [0.5, 0.6) is 5.75 Å². The SMILES string of the molecule is COc1ccc(Cn2c(C(=O)N3CCOCC3)cc3sc(Br)cc32)cc1. The number of methoxy groups -OCH3 is 1. The van der Waals surface area contributed by atoms with Crippen LogP contribution in [0.15, 0.2) is 40.2 Å². The molecule has 0 aliphatic carbocycles. The molecule has 1 aliphatic rings. The van der Waals surface area contributed by atoms with E-state index < -0.39 is 0 Å². The normalized spacial score (nSPS) is 14.8. The molecule has 1 saturated heterocycles. The number of benzene rings is 1. The number of rotatable bonds is 4.